The van der Waals surface area contributed by atoms with Gasteiger partial charge in [0.05, 0.1) is 6.04 Å². The Hall–Kier alpha value is -3.58. The molecule has 1 aliphatic heterocycles. The Morgan fingerprint density at radius 1 is 1.13 bits per heavy atom. The van der Waals surface area contributed by atoms with Crippen molar-refractivity contribution in [2.45, 2.75) is 43.0 Å². The number of ether oxygens (including phenoxy) is 1. The van der Waals surface area contributed by atoms with Gasteiger partial charge in [0, 0.05) is 35.3 Å². The quantitative estimate of drug-likeness (QED) is 0.100. The summed E-state index contributed by atoms with van der Waals surface area (Å²) in [5.41, 5.74) is 9.99. The highest BCUT2D eigenvalue weighted by molar-refractivity contribution is 6.09. The molecule has 2 aromatic rings. The zero-order valence-electron chi connectivity index (χ0n) is 21.3. The van der Waals surface area contributed by atoms with E-state index in [1.807, 2.05) is 0 Å². The Morgan fingerprint density at radius 2 is 1.79 bits per heavy atom. The van der Waals surface area contributed by atoms with Crippen molar-refractivity contribution < 1.29 is 40.5 Å². The second-order valence-corrected chi connectivity index (χ2v) is 9.26. The van der Waals surface area contributed by atoms with E-state index in [2.05, 4.69) is 27.8 Å². The third kappa shape index (κ3) is 7.51. The molecule has 1 aliphatic rings. The Kier molecular flexibility index (Phi) is 9.28. The number of likely N-dealkylation sites (tertiary alicyclic amines) is 1. The van der Waals surface area contributed by atoms with Crippen molar-refractivity contribution in [1.82, 2.24) is 9.88 Å². The van der Waals surface area contributed by atoms with Crippen LogP contribution in [-0.2, 0) is 6.61 Å². The summed E-state index contributed by atoms with van der Waals surface area (Å²) >= 11 is 0. The van der Waals surface area contributed by atoms with Gasteiger partial charge in [-0.2, -0.15) is 0 Å². The Bertz CT molecular complexity index is 1250. The van der Waals surface area contributed by atoms with Gasteiger partial charge in [0.1, 0.15) is 6.61 Å². The van der Waals surface area contributed by atoms with Crippen LogP contribution in [0.2, 0.25) is 0 Å². The molecule has 11 N–H and O–H groups in total. The molecule has 39 heavy (non-hydrogen) atoms. The number of nitrogen functional groups attached to an aromatic ring is 1. The lowest BCUT2D eigenvalue weighted by atomic mass is 9.97. The molecule has 2 heterocycles. The van der Waals surface area contributed by atoms with Crippen LogP contribution in [0.5, 0.6) is 5.75 Å². The minimum atomic E-state index is -4.16. The summed E-state index contributed by atoms with van der Waals surface area (Å²) in [6, 6.07) is 8.04. The molecule has 1 saturated heterocycles. The van der Waals surface area contributed by atoms with Gasteiger partial charge >= 0.3 is 11.9 Å². The number of benzene rings is 1. The first kappa shape index (κ1) is 30.0. The van der Waals surface area contributed by atoms with E-state index in [0.29, 0.717) is 16.7 Å². The molecule has 0 bridgehead atoms. The van der Waals surface area contributed by atoms with E-state index in [0.717, 1.165) is 25.9 Å². The smallest absolute Gasteiger partial charge is 0.326 e. The van der Waals surface area contributed by atoms with Crippen LogP contribution in [0.1, 0.15) is 29.5 Å². The van der Waals surface area contributed by atoms with E-state index in [-0.39, 0.29) is 29.8 Å². The molecule has 0 spiro atoms. The summed E-state index contributed by atoms with van der Waals surface area (Å²) < 4.78 is 5.83. The van der Waals surface area contributed by atoms with Gasteiger partial charge in [-0.25, -0.2) is 4.98 Å². The molecule has 0 radical (unpaired) electrons. The first-order valence-electron chi connectivity index (χ1n) is 11.9. The highest BCUT2D eigenvalue weighted by atomic mass is 16.7. The molecule has 0 amide bonds. The number of aliphatic hydroxyl groups is 7. The number of aromatic nitrogens is 1. The normalized spacial score (nSPS) is 16.3. The van der Waals surface area contributed by atoms with E-state index in [1.54, 1.807) is 36.5 Å². The first-order valence-corrected chi connectivity index (χ1v) is 11.9. The fraction of sp³-hybridized carbons (Fsp3) is 0.385. The minimum absolute atomic E-state index is 0.00561. The Morgan fingerprint density at radius 3 is 2.41 bits per heavy atom. The van der Waals surface area contributed by atoms with E-state index in [1.165, 1.54) is 18.3 Å². The number of nitrogens with two attached hydrogens (primary N) is 2. The van der Waals surface area contributed by atoms with Gasteiger partial charge in [0.25, 0.3) is 5.60 Å². The maximum Gasteiger partial charge on any atom is 0.326 e. The van der Waals surface area contributed by atoms with Crippen molar-refractivity contribution in [2.24, 2.45) is 10.7 Å². The number of nitrogens with zero attached hydrogens (tertiary/aromatic N) is 3. The van der Waals surface area contributed by atoms with Crippen LogP contribution < -0.4 is 16.2 Å². The molecule has 1 aromatic heterocycles. The van der Waals surface area contributed by atoms with Gasteiger partial charge in [-0.15, -0.1) is 0 Å². The number of pyridine rings is 1. The van der Waals surface area contributed by atoms with Gasteiger partial charge in [-0.1, -0.05) is 18.1 Å². The van der Waals surface area contributed by atoms with Gasteiger partial charge < -0.3 is 56.8 Å². The largest absolute Gasteiger partial charge is 0.485 e. The monoisotopic (exact) mass is 543 g/mol. The van der Waals surface area contributed by atoms with E-state index < -0.39 is 17.5 Å². The second-order valence-electron chi connectivity index (χ2n) is 9.26. The molecule has 13 nitrogen and oxygen atoms in total. The zero-order valence-corrected chi connectivity index (χ0v) is 21.3. The van der Waals surface area contributed by atoms with Crippen molar-refractivity contribution in [3.8, 4) is 17.6 Å². The van der Waals surface area contributed by atoms with Crippen LogP contribution in [0, 0.1) is 11.8 Å². The summed E-state index contributed by atoms with van der Waals surface area (Å²) in [7, 11) is 2.08. The maximum absolute atomic E-state index is 9.97. The van der Waals surface area contributed by atoms with Crippen molar-refractivity contribution in [1.29, 1.82) is 0 Å². The molecular weight excluding hydrogens is 510 g/mol. The zero-order chi connectivity index (χ0) is 28.8. The van der Waals surface area contributed by atoms with E-state index in [4.69, 9.17) is 16.2 Å². The van der Waals surface area contributed by atoms with Crippen LogP contribution in [0.3, 0.4) is 0 Å². The predicted molar refractivity (Wildman–Crippen MR) is 141 cm³/mol. The Labute approximate surface area is 224 Å². The number of allylic oxidation sites excluding steroid dienone is 1. The van der Waals surface area contributed by atoms with Crippen molar-refractivity contribution in [2.75, 3.05) is 25.9 Å². The standard InChI is InChI=1S/C26H33N5O8/c1-31-9-6-21(7-10-31)29-15-20(13-27)19-12-22(23(28)30-14-19)39-16-18-4-2-3-17(11-18)5-8-24(32,25(33,34)35)26(36,37)38/h2-4,11-15,21,32-38H,6-7,9-10,16,27H2,1H3,(H2,28,30). The molecule has 1 aromatic carbocycles. The molecule has 0 aliphatic carbocycles. The van der Waals surface area contributed by atoms with Crippen LogP contribution in [0.4, 0.5) is 5.82 Å². The first-order chi connectivity index (χ1) is 18.2. The summed E-state index contributed by atoms with van der Waals surface area (Å²) in [5, 5.41) is 65.5. The average Bonchev–Trinajstić information content (AvgIpc) is 2.87. The number of piperidine rings is 1. The van der Waals surface area contributed by atoms with Crippen molar-refractivity contribution in [3.63, 3.8) is 0 Å². The van der Waals surface area contributed by atoms with Gasteiger partial charge in [-0.05, 0) is 62.7 Å². The minimum Gasteiger partial charge on any atom is -0.485 e. The van der Waals surface area contributed by atoms with Crippen LogP contribution >= 0.6 is 0 Å². The number of hydrogen-bond acceptors (Lipinski definition) is 13. The van der Waals surface area contributed by atoms with Crippen molar-refractivity contribution in [3.05, 3.63) is 59.4 Å². The molecule has 3 rings (SSSR count). The van der Waals surface area contributed by atoms with Crippen LogP contribution in [-0.4, -0.2) is 95.6 Å². The number of rotatable bonds is 8. The van der Waals surface area contributed by atoms with Crippen molar-refractivity contribution >= 4 is 17.6 Å². The van der Waals surface area contributed by atoms with Gasteiger partial charge in [0.15, 0.2) is 11.6 Å². The van der Waals surface area contributed by atoms with Gasteiger partial charge in [-0.3, -0.25) is 4.99 Å². The second kappa shape index (κ2) is 12.1. The van der Waals surface area contributed by atoms with Crippen LogP contribution in [0.15, 0.2) is 47.7 Å². The lowest BCUT2D eigenvalue weighted by molar-refractivity contribution is -0.476. The lowest BCUT2D eigenvalue weighted by Gasteiger charge is -2.36. The molecule has 210 valence electrons. The topological polar surface area (TPSA) is 231 Å². The number of aliphatic imine (C=N–C) groups is 1. The molecule has 0 unspecified atom stereocenters. The summed E-state index contributed by atoms with van der Waals surface area (Å²) in [6.45, 7) is 1.96. The van der Waals surface area contributed by atoms with E-state index in [9.17, 15) is 35.7 Å². The van der Waals surface area contributed by atoms with E-state index >= 15 is 0 Å². The predicted octanol–water partition coefficient (Wildman–Crippen LogP) is -1.95. The summed E-state index contributed by atoms with van der Waals surface area (Å²) in [6.07, 6.45) is 6.63. The molecule has 13 heteroatoms. The highest BCUT2D eigenvalue weighted by Gasteiger charge is 2.61. The molecule has 1 fully saturated rings. The molecular formula is C26H33N5O8. The SMILES string of the molecule is CN1CCC(N=CC(=CN)c2cnc(N)c(OCc3cccc(C#CC(O)(C(O)(O)O)C(O)(O)O)c3)c2)CC1. The summed E-state index contributed by atoms with van der Waals surface area (Å²) in [5.74, 6) is -4.01. The number of anilines is 1. The van der Waals surface area contributed by atoms with Crippen LogP contribution in [0.25, 0.3) is 5.57 Å². The Balaban J connectivity index is 1.74. The maximum atomic E-state index is 9.97. The van der Waals surface area contributed by atoms with Gasteiger partial charge in [0.2, 0.25) is 0 Å². The molecule has 0 saturated carbocycles. The lowest BCUT2D eigenvalue weighted by Crippen LogP contribution is -2.67. The molecule has 0 atom stereocenters. The fourth-order valence-corrected chi connectivity index (χ4v) is 3.73. The third-order valence-electron chi connectivity index (χ3n) is 6.19. The summed E-state index contributed by atoms with van der Waals surface area (Å²) in [4.78, 5) is 11.1. The average molecular weight is 544 g/mol. The fourth-order valence-electron chi connectivity index (χ4n) is 3.73. The highest BCUT2D eigenvalue weighted by Crippen LogP contribution is 2.27. The third-order valence-corrected chi connectivity index (χ3v) is 6.19. The number of hydrogen-bond donors (Lipinski definition) is 9.